The zero-order valence-electron chi connectivity index (χ0n) is 19.8. The van der Waals surface area contributed by atoms with E-state index in [2.05, 4.69) is 9.97 Å². The van der Waals surface area contributed by atoms with E-state index in [-0.39, 0.29) is 43.0 Å². The number of ether oxygens (including phenoxy) is 2. The smallest absolute Gasteiger partial charge is 0.410 e. The van der Waals surface area contributed by atoms with Crippen LogP contribution in [-0.4, -0.2) is 90.3 Å². The van der Waals surface area contributed by atoms with E-state index in [0.29, 0.717) is 43.7 Å². The summed E-state index contributed by atoms with van der Waals surface area (Å²) in [4.78, 5) is 36.5. The number of amides is 2. The number of carbonyl (C=O) groups is 2. The zero-order chi connectivity index (χ0) is 24.3. The minimum Gasteiger partial charge on any atom is -0.476 e. The van der Waals surface area contributed by atoms with E-state index in [9.17, 15) is 18.0 Å². The second kappa shape index (κ2) is 10.0. The van der Waals surface area contributed by atoms with Crippen molar-refractivity contribution in [2.75, 3.05) is 50.0 Å². The molecular formula is C22H33N5O6S. The highest BCUT2D eigenvalue weighted by Gasteiger charge is 2.43. The standard InChI is InChI=1S/C22H33N5O6S/c1-3-12-34(30,31)26-10-11-27(20(28)15-26)18-13-24-19(14-23-18)32-16-17-4-8-25(9-5-17)21(29)33-22(2)6-7-22/h13-14,17H,3-12,15-16H2,1-2H3. The molecule has 4 rings (SSSR count). The molecule has 2 aliphatic heterocycles. The number of piperidine rings is 1. The van der Waals surface area contributed by atoms with Crippen molar-refractivity contribution in [3.63, 3.8) is 0 Å². The van der Waals surface area contributed by atoms with Crippen molar-refractivity contribution in [1.82, 2.24) is 19.2 Å². The third-order valence-corrected chi connectivity index (χ3v) is 8.58. The highest BCUT2D eigenvalue weighted by Crippen LogP contribution is 2.39. The lowest BCUT2D eigenvalue weighted by atomic mass is 9.98. The van der Waals surface area contributed by atoms with Crippen LogP contribution in [0.5, 0.6) is 5.88 Å². The van der Waals surface area contributed by atoms with Crippen LogP contribution in [0.1, 0.15) is 46.0 Å². The van der Waals surface area contributed by atoms with Crippen LogP contribution in [0.25, 0.3) is 0 Å². The monoisotopic (exact) mass is 495 g/mol. The number of sulfonamides is 1. The molecule has 188 valence electrons. The highest BCUT2D eigenvalue weighted by atomic mass is 32.2. The molecule has 3 aliphatic rings. The molecule has 3 fully saturated rings. The molecule has 12 heteroatoms. The molecule has 0 unspecified atom stereocenters. The lowest BCUT2D eigenvalue weighted by Crippen LogP contribution is -2.53. The van der Waals surface area contributed by atoms with Gasteiger partial charge in [-0.1, -0.05) is 6.92 Å². The van der Waals surface area contributed by atoms with Crippen molar-refractivity contribution >= 4 is 27.8 Å². The van der Waals surface area contributed by atoms with Gasteiger partial charge < -0.3 is 14.4 Å². The van der Waals surface area contributed by atoms with Crippen LogP contribution >= 0.6 is 0 Å². The maximum atomic E-state index is 12.5. The Labute approximate surface area is 200 Å². The lowest BCUT2D eigenvalue weighted by Gasteiger charge is -2.33. The molecule has 3 heterocycles. The molecule has 34 heavy (non-hydrogen) atoms. The Morgan fingerprint density at radius 2 is 1.88 bits per heavy atom. The van der Waals surface area contributed by atoms with Crippen molar-refractivity contribution in [2.45, 2.75) is 51.6 Å². The summed E-state index contributed by atoms with van der Waals surface area (Å²) in [6.07, 6.45) is 6.77. The van der Waals surface area contributed by atoms with Gasteiger partial charge in [-0.15, -0.1) is 0 Å². The first-order valence-corrected chi connectivity index (χ1v) is 13.5. The van der Waals surface area contributed by atoms with Gasteiger partial charge >= 0.3 is 6.09 Å². The zero-order valence-corrected chi connectivity index (χ0v) is 20.6. The molecule has 0 atom stereocenters. The predicted molar refractivity (Wildman–Crippen MR) is 124 cm³/mol. The second-order valence-corrected chi connectivity index (χ2v) is 11.6. The Balaban J connectivity index is 1.22. The molecule has 0 bridgehead atoms. The van der Waals surface area contributed by atoms with Crippen LogP contribution in [0.2, 0.25) is 0 Å². The Hall–Kier alpha value is -2.47. The Morgan fingerprint density at radius 3 is 2.47 bits per heavy atom. The Kier molecular flexibility index (Phi) is 7.27. The number of rotatable bonds is 8. The third kappa shape index (κ3) is 5.96. The van der Waals surface area contributed by atoms with Gasteiger partial charge in [0.05, 0.1) is 31.3 Å². The average Bonchev–Trinajstić information content (AvgIpc) is 3.54. The normalized spacial score (nSPS) is 21.4. The summed E-state index contributed by atoms with van der Waals surface area (Å²) in [5.41, 5.74) is -0.257. The molecule has 1 aromatic rings. The summed E-state index contributed by atoms with van der Waals surface area (Å²) in [5, 5.41) is 0. The van der Waals surface area contributed by atoms with Crippen molar-refractivity contribution in [2.24, 2.45) is 5.92 Å². The number of aromatic nitrogens is 2. The summed E-state index contributed by atoms with van der Waals surface area (Å²) in [5.74, 6) is 0.760. The number of anilines is 1. The first kappa shape index (κ1) is 24.6. The average molecular weight is 496 g/mol. The number of likely N-dealkylation sites (tertiary alicyclic amines) is 1. The number of nitrogens with zero attached hydrogens (tertiary/aromatic N) is 5. The largest absolute Gasteiger partial charge is 0.476 e. The fraction of sp³-hybridized carbons (Fsp3) is 0.727. The van der Waals surface area contributed by atoms with E-state index < -0.39 is 10.0 Å². The molecule has 2 amide bonds. The van der Waals surface area contributed by atoms with Gasteiger partial charge in [0.25, 0.3) is 0 Å². The maximum absolute atomic E-state index is 12.5. The fourth-order valence-electron chi connectivity index (χ4n) is 4.08. The van der Waals surface area contributed by atoms with Crippen LogP contribution < -0.4 is 9.64 Å². The molecule has 0 N–H and O–H groups in total. The predicted octanol–water partition coefficient (Wildman–Crippen LogP) is 1.64. The molecule has 0 aromatic carbocycles. The van der Waals surface area contributed by atoms with E-state index >= 15 is 0 Å². The number of hydrogen-bond donors (Lipinski definition) is 0. The molecule has 1 saturated carbocycles. The van der Waals surface area contributed by atoms with Crippen LogP contribution in [0.3, 0.4) is 0 Å². The lowest BCUT2D eigenvalue weighted by molar-refractivity contribution is -0.120. The first-order chi connectivity index (χ1) is 16.2. The summed E-state index contributed by atoms with van der Waals surface area (Å²) in [6.45, 7) is 5.81. The van der Waals surface area contributed by atoms with Crippen molar-refractivity contribution in [3.05, 3.63) is 12.4 Å². The molecule has 0 radical (unpaired) electrons. The Bertz CT molecular complexity index is 990. The topological polar surface area (TPSA) is 122 Å². The van der Waals surface area contributed by atoms with Gasteiger partial charge in [-0.2, -0.15) is 4.31 Å². The highest BCUT2D eigenvalue weighted by molar-refractivity contribution is 7.89. The van der Waals surface area contributed by atoms with Gasteiger partial charge in [-0.25, -0.2) is 23.2 Å². The van der Waals surface area contributed by atoms with E-state index in [1.807, 2.05) is 6.92 Å². The minimum absolute atomic E-state index is 0.0364. The van der Waals surface area contributed by atoms with Crippen molar-refractivity contribution in [1.29, 1.82) is 0 Å². The molecule has 0 spiro atoms. The van der Waals surface area contributed by atoms with E-state index in [1.54, 1.807) is 11.8 Å². The third-order valence-electron chi connectivity index (χ3n) is 6.56. The van der Waals surface area contributed by atoms with Crippen LogP contribution in [0.4, 0.5) is 10.6 Å². The van der Waals surface area contributed by atoms with Crippen LogP contribution in [0, 0.1) is 5.92 Å². The second-order valence-electron chi connectivity index (χ2n) is 9.47. The van der Waals surface area contributed by atoms with Crippen molar-refractivity contribution < 1.29 is 27.5 Å². The van der Waals surface area contributed by atoms with Gasteiger partial charge in [0, 0.05) is 26.2 Å². The molecule has 1 aromatic heterocycles. The van der Waals surface area contributed by atoms with Gasteiger partial charge in [0.1, 0.15) is 5.60 Å². The van der Waals surface area contributed by atoms with Crippen molar-refractivity contribution in [3.8, 4) is 5.88 Å². The van der Waals surface area contributed by atoms with Gasteiger partial charge in [-0.05, 0) is 44.9 Å². The summed E-state index contributed by atoms with van der Waals surface area (Å²) >= 11 is 0. The van der Waals surface area contributed by atoms with E-state index in [0.717, 1.165) is 25.7 Å². The number of hydrogen-bond acceptors (Lipinski definition) is 8. The van der Waals surface area contributed by atoms with E-state index in [1.165, 1.54) is 21.6 Å². The maximum Gasteiger partial charge on any atom is 0.410 e. The van der Waals surface area contributed by atoms with Gasteiger partial charge in [0.15, 0.2) is 5.82 Å². The van der Waals surface area contributed by atoms with Gasteiger partial charge in [-0.3, -0.25) is 9.69 Å². The fourth-order valence-corrected chi connectivity index (χ4v) is 5.52. The first-order valence-electron chi connectivity index (χ1n) is 11.9. The number of piperazine rings is 1. The summed E-state index contributed by atoms with van der Waals surface area (Å²) < 4.78 is 37.0. The van der Waals surface area contributed by atoms with Crippen LogP contribution in [-0.2, 0) is 19.6 Å². The number of carbonyl (C=O) groups excluding carboxylic acids is 2. The van der Waals surface area contributed by atoms with E-state index in [4.69, 9.17) is 9.47 Å². The minimum atomic E-state index is -3.41. The molecule has 11 nitrogen and oxygen atoms in total. The van der Waals surface area contributed by atoms with Gasteiger partial charge in [0.2, 0.25) is 21.8 Å². The molecule has 1 aliphatic carbocycles. The summed E-state index contributed by atoms with van der Waals surface area (Å²) in [7, 11) is -3.41. The van der Waals surface area contributed by atoms with Crippen LogP contribution in [0.15, 0.2) is 12.4 Å². The Morgan fingerprint density at radius 1 is 1.15 bits per heavy atom. The molecule has 2 saturated heterocycles. The SMILES string of the molecule is CCCS(=O)(=O)N1CCN(c2cnc(OCC3CCN(C(=O)OC4(C)CC4)CC3)cn2)C(=O)C1. The summed E-state index contributed by atoms with van der Waals surface area (Å²) in [6, 6.07) is 0. The quantitative estimate of drug-likeness (QED) is 0.533. The molecular weight excluding hydrogens is 462 g/mol.